The van der Waals surface area contributed by atoms with Crippen LogP contribution in [-0.4, -0.2) is 17.0 Å². The predicted octanol–water partition coefficient (Wildman–Crippen LogP) is 3.52. The van der Waals surface area contributed by atoms with Gasteiger partial charge in [-0.05, 0) is 55.3 Å². The molecule has 3 heteroatoms. The summed E-state index contributed by atoms with van der Waals surface area (Å²) in [7, 11) is 2.02. The molecule has 21 heavy (non-hydrogen) atoms. The van der Waals surface area contributed by atoms with Crippen molar-refractivity contribution in [1.29, 1.82) is 0 Å². The average Bonchev–Trinajstić information content (AvgIpc) is 2.56. The molecule has 0 aliphatic heterocycles. The number of hydrogen-bond donors (Lipinski definition) is 1. The molecule has 106 valence electrons. The number of nitrogens with zero attached hydrogens (tertiary/aromatic N) is 2. The van der Waals surface area contributed by atoms with Gasteiger partial charge in [-0.25, -0.2) is 0 Å². The molecule has 0 fully saturated rings. The Morgan fingerprint density at radius 1 is 1.10 bits per heavy atom. The molecule has 0 amide bonds. The number of aromatic nitrogens is 2. The first-order valence-corrected chi connectivity index (χ1v) is 7.27. The van der Waals surface area contributed by atoms with E-state index in [2.05, 4.69) is 45.6 Å². The van der Waals surface area contributed by atoms with Crippen molar-refractivity contribution in [2.24, 2.45) is 0 Å². The molecule has 0 saturated carbocycles. The van der Waals surface area contributed by atoms with E-state index in [9.17, 15) is 0 Å². The summed E-state index contributed by atoms with van der Waals surface area (Å²) < 4.78 is 0. The predicted molar refractivity (Wildman–Crippen MR) is 86.1 cm³/mol. The number of pyridine rings is 2. The van der Waals surface area contributed by atoms with Crippen LogP contribution in [0, 0.1) is 0 Å². The number of hydrogen-bond acceptors (Lipinski definition) is 3. The summed E-state index contributed by atoms with van der Waals surface area (Å²) in [6.07, 6.45) is 7.66. The normalized spacial score (nSPS) is 12.4. The van der Waals surface area contributed by atoms with Crippen molar-refractivity contribution in [3.05, 3.63) is 72.2 Å². The molecule has 2 aromatic heterocycles. The zero-order valence-electron chi connectivity index (χ0n) is 12.2. The summed E-state index contributed by atoms with van der Waals surface area (Å²) in [6, 6.07) is 15.0. The smallest absolute Gasteiger partial charge is 0.0702 e. The third-order valence-electron chi connectivity index (χ3n) is 3.82. The van der Waals surface area contributed by atoms with Crippen LogP contribution in [0.3, 0.4) is 0 Å². The molecular formula is C18H19N3. The highest BCUT2D eigenvalue weighted by Gasteiger charge is 2.10. The highest BCUT2D eigenvalue weighted by Crippen LogP contribution is 2.22. The molecular weight excluding hydrogens is 258 g/mol. The second kappa shape index (κ2) is 6.46. The maximum Gasteiger partial charge on any atom is 0.0702 e. The molecule has 3 nitrogen and oxygen atoms in total. The highest BCUT2D eigenvalue weighted by atomic mass is 14.9. The van der Waals surface area contributed by atoms with Crippen LogP contribution in [0.2, 0.25) is 0 Å². The molecule has 0 radical (unpaired) electrons. The second-order valence-corrected chi connectivity index (χ2v) is 5.20. The molecule has 0 saturated heterocycles. The van der Waals surface area contributed by atoms with Crippen LogP contribution < -0.4 is 5.32 Å². The van der Waals surface area contributed by atoms with Crippen molar-refractivity contribution in [3.63, 3.8) is 0 Å². The van der Waals surface area contributed by atoms with Gasteiger partial charge in [-0.1, -0.05) is 18.2 Å². The van der Waals surface area contributed by atoms with Gasteiger partial charge < -0.3 is 5.32 Å². The summed E-state index contributed by atoms with van der Waals surface area (Å²) in [5.41, 5.74) is 3.63. The lowest BCUT2D eigenvalue weighted by atomic mass is 9.98. The maximum absolute atomic E-state index is 4.37. The topological polar surface area (TPSA) is 37.8 Å². The van der Waals surface area contributed by atoms with Crippen LogP contribution in [0.25, 0.3) is 10.9 Å². The average molecular weight is 277 g/mol. The molecule has 1 N–H and O–H groups in total. The van der Waals surface area contributed by atoms with Gasteiger partial charge in [0.1, 0.15) is 0 Å². The van der Waals surface area contributed by atoms with Gasteiger partial charge in [0, 0.05) is 30.0 Å². The van der Waals surface area contributed by atoms with E-state index < -0.39 is 0 Å². The summed E-state index contributed by atoms with van der Waals surface area (Å²) in [6.45, 7) is 0. The van der Waals surface area contributed by atoms with Crippen LogP contribution in [0.5, 0.6) is 0 Å². The maximum atomic E-state index is 4.37. The van der Waals surface area contributed by atoms with Gasteiger partial charge in [-0.2, -0.15) is 0 Å². The quantitative estimate of drug-likeness (QED) is 0.775. The second-order valence-electron chi connectivity index (χ2n) is 5.20. The molecule has 3 aromatic rings. The van der Waals surface area contributed by atoms with Gasteiger partial charge in [0.25, 0.3) is 0 Å². The number of aryl methyl sites for hydroxylation is 1. The third-order valence-corrected chi connectivity index (χ3v) is 3.82. The van der Waals surface area contributed by atoms with Crippen molar-refractivity contribution >= 4 is 10.9 Å². The number of nitrogens with one attached hydrogen (secondary N) is 1. The first-order valence-electron chi connectivity index (χ1n) is 7.27. The van der Waals surface area contributed by atoms with Crippen LogP contribution in [0.1, 0.15) is 23.6 Å². The van der Waals surface area contributed by atoms with E-state index in [1.165, 1.54) is 16.5 Å². The fourth-order valence-electron chi connectivity index (χ4n) is 2.65. The van der Waals surface area contributed by atoms with Crippen LogP contribution in [-0.2, 0) is 6.42 Å². The van der Waals surface area contributed by atoms with E-state index in [0.29, 0.717) is 6.04 Å². The van der Waals surface area contributed by atoms with Crippen molar-refractivity contribution in [2.75, 3.05) is 7.05 Å². The summed E-state index contributed by atoms with van der Waals surface area (Å²) in [5.74, 6) is 0. The summed E-state index contributed by atoms with van der Waals surface area (Å²) in [4.78, 5) is 8.55. The Labute approximate surface area is 125 Å². The molecule has 0 aliphatic carbocycles. The van der Waals surface area contributed by atoms with Crippen molar-refractivity contribution in [1.82, 2.24) is 15.3 Å². The van der Waals surface area contributed by atoms with Crippen LogP contribution in [0.4, 0.5) is 0 Å². The van der Waals surface area contributed by atoms with Gasteiger partial charge in [0.15, 0.2) is 0 Å². The van der Waals surface area contributed by atoms with Crippen LogP contribution in [0.15, 0.2) is 61.1 Å². The van der Waals surface area contributed by atoms with E-state index in [0.717, 1.165) is 18.4 Å². The Hall–Kier alpha value is -2.26. The Kier molecular flexibility index (Phi) is 4.22. The van der Waals surface area contributed by atoms with E-state index >= 15 is 0 Å². The first kappa shape index (κ1) is 13.7. The molecule has 2 heterocycles. The summed E-state index contributed by atoms with van der Waals surface area (Å²) >= 11 is 0. The van der Waals surface area contributed by atoms with Gasteiger partial charge >= 0.3 is 0 Å². The minimum absolute atomic E-state index is 0.342. The van der Waals surface area contributed by atoms with E-state index in [-0.39, 0.29) is 0 Å². The molecule has 1 unspecified atom stereocenters. The van der Waals surface area contributed by atoms with Crippen molar-refractivity contribution in [3.8, 4) is 0 Å². The fourth-order valence-corrected chi connectivity index (χ4v) is 2.65. The minimum atomic E-state index is 0.342. The van der Waals surface area contributed by atoms with Gasteiger partial charge in [-0.3, -0.25) is 9.97 Å². The Morgan fingerprint density at radius 3 is 2.81 bits per heavy atom. The number of benzene rings is 1. The Morgan fingerprint density at radius 2 is 2.00 bits per heavy atom. The Balaban J connectivity index is 1.78. The van der Waals surface area contributed by atoms with E-state index in [1.54, 1.807) is 0 Å². The molecule has 0 bridgehead atoms. The summed E-state index contributed by atoms with van der Waals surface area (Å²) in [5, 5.41) is 4.60. The monoisotopic (exact) mass is 277 g/mol. The fraction of sp³-hybridized carbons (Fsp3) is 0.222. The number of rotatable bonds is 5. The van der Waals surface area contributed by atoms with Gasteiger partial charge in [-0.15, -0.1) is 0 Å². The molecule has 0 aliphatic rings. The van der Waals surface area contributed by atoms with Gasteiger partial charge in [0.2, 0.25) is 0 Å². The third kappa shape index (κ3) is 3.26. The highest BCUT2D eigenvalue weighted by molar-refractivity contribution is 5.79. The molecule has 3 rings (SSSR count). The minimum Gasteiger partial charge on any atom is -0.313 e. The zero-order valence-corrected chi connectivity index (χ0v) is 12.2. The standard InChI is InChI=1S/C18H19N3/c1-19-17(8-6-14-4-2-10-20-13-14)16-7-9-18-15(12-16)5-3-11-21-18/h2-5,7,9-13,17,19H,6,8H2,1H3. The largest absolute Gasteiger partial charge is 0.313 e. The van der Waals surface area contributed by atoms with Crippen molar-refractivity contribution in [2.45, 2.75) is 18.9 Å². The zero-order chi connectivity index (χ0) is 14.5. The molecule has 1 aromatic carbocycles. The number of fused-ring (bicyclic) bond motifs is 1. The van der Waals surface area contributed by atoms with E-state index in [1.807, 2.05) is 37.8 Å². The first-order chi connectivity index (χ1) is 10.4. The molecule has 0 spiro atoms. The lowest BCUT2D eigenvalue weighted by Crippen LogP contribution is -2.17. The lowest BCUT2D eigenvalue weighted by Gasteiger charge is -2.17. The van der Waals surface area contributed by atoms with Crippen molar-refractivity contribution < 1.29 is 0 Å². The SMILES string of the molecule is CNC(CCc1cccnc1)c1ccc2ncccc2c1. The molecule has 1 atom stereocenters. The van der Waals surface area contributed by atoms with Crippen LogP contribution >= 0.6 is 0 Å². The van der Waals surface area contributed by atoms with Gasteiger partial charge in [0.05, 0.1) is 5.52 Å². The van der Waals surface area contributed by atoms with E-state index in [4.69, 9.17) is 0 Å². The lowest BCUT2D eigenvalue weighted by molar-refractivity contribution is 0.549. The Bertz CT molecular complexity index is 710.